The summed E-state index contributed by atoms with van der Waals surface area (Å²) in [6.07, 6.45) is 5.08. The summed E-state index contributed by atoms with van der Waals surface area (Å²) in [5.41, 5.74) is 1.81. The van der Waals surface area contributed by atoms with Crippen LogP contribution in [0.1, 0.15) is 31.2 Å². The Balaban J connectivity index is 1.30. The third kappa shape index (κ3) is 6.98. The van der Waals surface area contributed by atoms with E-state index in [0.29, 0.717) is 5.41 Å². The van der Waals surface area contributed by atoms with Crippen LogP contribution in [0.5, 0.6) is 0 Å². The fourth-order valence-electron chi connectivity index (χ4n) is 4.35. The summed E-state index contributed by atoms with van der Waals surface area (Å²) >= 11 is 0. The molecule has 6 heteroatoms. The molecule has 1 aliphatic heterocycles. The third-order valence-electron chi connectivity index (χ3n) is 6.54. The van der Waals surface area contributed by atoms with E-state index >= 15 is 0 Å². The van der Waals surface area contributed by atoms with Crippen LogP contribution in [0.15, 0.2) is 35.3 Å². The molecule has 1 aromatic carbocycles. The molecule has 2 aliphatic rings. The first-order chi connectivity index (χ1) is 14.2. The topological polar surface area (TPSA) is 52.1 Å². The Labute approximate surface area is 176 Å². The summed E-state index contributed by atoms with van der Waals surface area (Å²) in [7, 11) is 3.65. The normalized spacial score (nSPS) is 20.3. The maximum Gasteiger partial charge on any atom is 0.191 e. The number of nitrogens with zero attached hydrogens (tertiary/aromatic N) is 3. The van der Waals surface area contributed by atoms with Gasteiger partial charge in [-0.1, -0.05) is 36.8 Å². The number of hydrogen-bond donors (Lipinski definition) is 2. The summed E-state index contributed by atoms with van der Waals surface area (Å²) in [4.78, 5) is 9.51. The Morgan fingerprint density at radius 2 is 1.79 bits per heavy atom. The van der Waals surface area contributed by atoms with Gasteiger partial charge in [-0.05, 0) is 30.2 Å². The van der Waals surface area contributed by atoms with E-state index in [1.165, 1.54) is 24.8 Å². The fourth-order valence-corrected chi connectivity index (χ4v) is 4.35. The van der Waals surface area contributed by atoms with Gasteiger partial charge >= 0.3 is 0 Å². The van der Waals surface area contributed by atoms with Crippen molar-refractivity contribution in [3.63, 3.8) is 0 Å². The van der Waals surface area contributed by atoms with Crippen LogP contribution in [0.3, 0.4) is 0 Å². The van der Waals surface area contributed by atoms with Gasteiger partial charge in [0.25, 0.3) is 0 Å². The lowest BCUT2D eigenvalue weighted by atomic mass is 9.67. The zero-order chi connectivity index (χ0) is 20.4. The predicted octanol–water partition coefficient (Wildman–Crippen LogP) is 2.18. The molecule has 0 bridgehead atoms. The van der Waals surface area contributed by atoms with Gasteiger partial charge in [-0.15, -0.1) is 0 Å². The van der Waals surface area contributed by atoms with E-state index in [9.17, 15) is 0 Å². The molecule has 0 unspecified atom stereocenters. The standard InChI is InChI=1S/C23H39N5O/c1-24-22(26-20-23(9-6-10-23)11-18-29-2)25-12-13-27-14-16-28(17-15-27)19-21-7-4-3-5-8-21/h3-5,7-8H,6,9-20H2,1-2H3,(H2,24,25,26). The number of nitrogens with one attached hydrogen (secondary N) is 2. The number of benzene rings is 1. The van der Waals surface area contributed by atoms with Crippen molar-refractivity contribution in [2.45, 2.75) is 32.2 Å². The van der Waals surface area contributed by atoms with Crippen molar-refractivity contribution in [2.24, 2.45) is 10.4 Å². The van der Waals surface area contributed by atoms with E-state index < -0.39 is 0 Å². The molecule has 1 heterocycles. The lowest BCUT2D eigenvalue weighted by molar-refractivity contribution is 0.0732. The monoisotopic (exact) mass is 401 g/mol. The second kappa shape index (κ2) is 11.5. The first kappa shape index (κ1) is 22.1. The van der Waals surface area contributed by atoms with Crippen LogP contribution in [0, 0.1) is 5.41 Å². The van der Waals surface area contributed by atoms with Gasteiger partial charge in [0.1, 0.15) is 0 Å². The predicted molar refractivity (Wildman–Crippen MR) is 120 cm³/mol. The first-order valence-electron chi connectivity index (χ1n) is 11.2. The molecule has 0 atom stereocenters. The van der Waals surface area contributed by atoms with E-state index in [4.69, 9.17) is 4.74 Å². The highest BCUT2D eigenvalue weighted by molar-refractivity contribution is 5.79. The average Bonchev–Trinajstić information content (AvgIpc) is 2.73. The molecule has 0 spiro atoms. The number of methoxy groups -OCH3 is 1. The van der Waals surface area contributed by atoms with Gasteiger partial charge in [0.15, 0.2) is 5.96 Å². The van der Waals surface area contributed by atoms with Gasteiger partial charge in [-0.2, -0.15) is 0 Å². The van der Waals surface area contributed by atoms with E-state index in [2.05, 4.69) is 55.8 Å². The second-order valence-corrected chi connectivity index (χ2v) is 8.55. The second-order valence-electron chi connectivity index (χ2n) is 8.55. The van der Waals surface area contributed by atoms with Gasteiger partial charge in [0.2, 0.25) is 0 Å². The molecule has 1 aromatic rings. The van der Waals surface area contributed by atoms with Crippen molar-refractivity contribution in [1.82, 2.24) is 20.4 Å². The van der Waals surface area contributed by atoms with E-state index in [1.807, 2.05) is 7.05 Å². The van der Waals surface area contributed by atoms with Crippen LogP contribution in [0.4, 0.5) is 0 Å². The van der Waals surface area contributed by atoms with E-state index in [1.54, 1.807) is 7.11 Å². The van der Waals surface area contributed by atoms with Crippen molar-refractivity contribution >= 4 is 5.96 Å². The van der Waals surface area contributed by atoms with Crippen molar-refractivity contribution in [3.8, 4) is 0 Å². The van der Waals surface area contributed by atoms with Crippen LogP contribution < -0.4 is 10.6 Å². The summed E-state index contributed by atoms with van der Waals surface area (Å²) in [5, 5.41) is 7.05. The molecule has 2 fully saturated rings. The minimum Gasteiger partial charge on any atom is -0.385 e. The highest BCUT2D eigenvalue weighted by Gasteiger charge is 2.36. The molecular weight excluding hydrogens is 362 g/mol. The molecule has 1 saturated carbocycles. The maximum absolute atomic E-state index is 5.30. The Hall–Kier alpha value is -1.63. The van der Waals surface area contributed by atoms with Crippen LogP contribution in [-0.4, -0.2) is 82.3 Å². The third-order valence-corrected chi connectivity index (χ3v) is 6.54. The Morgan fingerprint density at radius 1 is 1.07 bits per heavy atom. The maximum atomic E-state index is 5.30. The minimum atomic E-state index is 0.405. The average molecular weight is 402 g/mol. The van der Waals surface area contributed by atoms with E-state index in [-0.39, 0.29) is 0 Å². The molecule has 1 saturated heterocycles. The van der Waals surface area contributed by atoms with Crippen molar-refractivity contribution < 1.29 is 4.74 Å². The van der Waals surface area contributed by atoms with Crippen molar-refractivity contribution in [3.05, 3.63) is 35.9 Å². The van der Waals surface area contributed by atoms with Crippen LogP contribution in [-0.2, 0) is 11.3 Å². The van der Waals surface area contributed by atoms with Gasteiger partial charge < -0.3 is 15.4 Å². The lowest BCUT2D eigenvalue weighted by Crippen LogP contribution is -2.50. The molecule has 29 heavy (non-hydrogen) atoms. The van der Waals surface area contributed by atoms with Crippen molar-refractivity contribution in [1.29, 1.82) is 0 Å². The zero-order valence-corrected chi connectivity index (χ0v) is 18.3. The molecule has 162 valence electrons. The molecule has 3 rings (SSSR count). The molecule has 0 amide bonds. The van der Waals surface area contributed by atoms with Gasteiger partial charge in [0.05, 0.1) is 0 Å². The summed E-state index contributed by atoms with van der Waals surface area (Å²) < 4.78 is 5.30. The number of guanidine groups is 1. The molecule has 6 nitrogen and oxygen atoms in total. The number of aliphatic imine (C=N–C) groups is 1. The van der Waals surface area contributed by atoms with Crippen LogP contribution >= 0.6 is 0 Å². The van der Waals surface area contributed by atoms with E-state index in [0.717, 1.165) is 71.3 Å². The summed E-state index contributed by atoms with van der Waals surface area (Å²) in [5.74, 6) is 0.927. The largest absolute Gasteiger partial charge is 0.385 e. The van der Waals surface area contributed by atoms with Crippen LogP contribution in [0.25, 0.3) is 0 Å². The number of rotatable bonds is 10. The number of piperazine rings is 1. The molecule has 0 radical (unpaired) electrons. The highest BCUT2D eigenvalue weighted by atomic mass is 16.5. The smallest absolute Gasteiger partial charge is 0.191 e. The highest BCUT2D eigenvalue weighted by Crippen LogP contribution is 2.43. The first-order valence-corrected chi connectivity index (χ1v) is 11.2. The van der Waals surface area contributed by atoms with Gasteiger partial charge in [-0.25, -0.2) is 0 Å². The molecule has 1 aliphatic carbocycles. The quantitative estimate of drug-likeness (QED) is 0.465. The summed E-state index contributed by atoms with van der Waals surface area (Å²) in [6.45, 7) is 9.47. The van der Waals surface area contributed by atoms with Gasteiger partial charge in [-0.3, -0.25) is 14.8 Å². The molecule has 0 aromatic heterocycles. The number of hydrogen-bond acceptors (Lipinski definition) is 4. The summed E-state index contributed by atoms with van der Waals surface area (Å²) in [6, 6.07) is 10.8. The van der Waals surface area contributed by atoms with Crippen molar-refractivity contribution in [2.75, 3.05) is 66.6 Å². The van der Waals surface area contributed by atoms with Gasteiger partial charge in [0, 0.05) is 73.1 Å². The lowest BCUT2D eigenvalue weighted by Gasteiger charge is -2.42. The molecule has 2 N–H and O–H groups in total. The SMILES string of the molecule is CN=C(NCCN1CCN(Cc2ccccc2)CC1)NCC1(CCOC)CCC1. The minimum absolute atomic E-state index is 0.405. The fraction of sp³-hybridized carbons (Fsp3) is 0.696. The Morgan fingerprint density at radius 3 is 2.41 bits per heavy atom. The van der Waals surface area contributed by atoms with Crippen LogP contribution in [0.2, 0.25) is 0 Å². The number of ether oxygens (including phenoxy) is 1. The molecular formula is C23H39N5O. The zero-order valence-electron chi connectivity index (χ0n) is 18.3. The Bertz CT molecular complexity index is 609. The Kier molecular flexibility index (Phi) is 8.77.